The number of carbonyl (C=O) groups is 2. The van der Waals surface area contributed by atoms with Crippen LogP contribution < -0.4 is 9.64 Å². The number of Topliss-reactive ketones (excluding diaryl/α,β-unsaturated/α-hetero) is 1. The number of halogens is 1. The van der Waals surface area contributed by atoms with Crippen LogP contribution in [0.1, 0.15) is 34.5 Å². The molecule has 10 heteroatoms. The number of hydrogen-bond acceptors (Lipinski definition) is 7. The van der Waals surface area contributed by atoms with Crippen molar-refractivity contribution in [2.75, 3.05) is 30.6 Å². The number of carbonyl (C=O) groups excluding carboxylic acids is 2. The van der Waals surface area contributed by atoms with Gasteiger partial charge in [-0.15, -0.1) is 0 Å². The number of benzene rings is 2. The Morgan fingerprint density at radius 3 is 2.57 bits per heavy atom. The number of anilines is 1. The summed E-state index contributed by atoms with van der Waals surface area (Å²) in [5, 5.41) is 9.94. The van der Waals surface area contributed by atoms with Gasteiger partial charge in [-0.05, 0) is 49.7 Å². The average Bonchev–Trinajstić information content (AvgIpc) is 2.85. The lowest BCUT2D eigenvalue weighted by molar-refractivity contribution is -0.116. The zero-order valence-corrected chi connectivity index (χ0v) is 22.3. The molecule has 0 spiro atoms. The molecule has 37 heavy (non-hydrogen) atoms. The fraction of sp³-hybridized carbons (Fsp3) is 0.259. The third-order valence-corrected chi connectivity index (χ3v) is 6.65. The minimum absolute atomic E-state index is 0.0795. The number of hydrogen-bond donors (Lipinski definition) is 0. The Hall–Kier alpha value is -3.74. The van der Waals surface area contributed by atoms with E-state index >= 15 is 0 Å². The van der Waals surface area contributed by atoms with Crippen LogP contribution in [0.25, 0.3) is 11.1 Å². The first-order valence-corrected chi connectivity index (χ1v) is 13.8. The summed E-state index contributed by atoms with van der Waals surface area (Å²) in [5.74, 6) is -0.736. The molecule has 192 valence electrons. The first-order chi connectivity index (χ1) is 17.5. The van der Waals surface area contributed by atoms with E-state index < -0.39 is 15.6 Å². The van der Waals surface area contributed by atoms with Gasteiger partial charge < -0.3 is 9.64 Å². The Labute approximate surface area is 221 Å². The molecule has 2 aromatic carbocycles. The van der Waals surface area contributed by atoms with Crippen molar-refractivity contribution in [3.05, 3.63) is 76.6 Å². The van der Waals surface area contributed by atoms with E-state index in [0.717, 1.165) is 6.26 Å². The number of sulfone groups is 1. The van der Waals surface area contributed by atoms with E-state index in [1.165, 1.54) is 4.90 Å². The Morgan fingerprint density at radius 2 is 1.86 bits per heavy atom. The molecule has 3 rings (SSSR count). The predicted octanol–water partition coefficient (Wildman–Crippen LogP) is 4.63. The number of ether oxygens (including phenoxy) is 1. The van der Waals surface area contributed by atoms with E-state index in [4.69, 9.17) is 16.3 Å². The number of aromatic nitrogens is 1. The molecule has 0 bridgehead atoms. The van der Waals surface area contributed by atoms with Crippen molar-refractivity contribution in [2.24, 2.45) is 0 Å². The van der Waals surface area contributed by atoms with Crippen LogP contribution in [0.2, 0.25) is 5.02 Å². The smallest absolute Gasteiger partial charge is 0.258 e. The number of nitriles is 1. The molecule has 0 atom stereocenters. The van der Waals surface area contributed by atoms with Gasteiger partial charge >= 0.3 is 0 Å². The Morgan fingerprint density at radius 1 is 1.14 bits per heavy atom. The molecule has 0 saturated heterocycles. The van der Waals surface area contributed by atoms with Crippen molar-refractivity contribution >= 4 is 38.8 Å². The van der Waals surface area contributed by atoms with Crippen LogP contribution in [0.15, 0.2) is 54.7 Å². The van der Waals surface area contributed by atoms with Gasteiger partial charge in [0.15, 0.2) is 9.84 Å². The number of ketones is 1. The van der Waals surface area contributed by atoms with Crippen LogP contribution in [0.4, 0.5) is 5.69 Å². The van der Waals surface area contributed by atoms with Gasteiger partial charge in [0.05, 0.1) is 23.9 Å². The summed E-state index contributed by atoms with van der Waals surface area (Å²) in [7, 11) is -1.74. The normalized spacial score (nSPS) is 11.0. The molecule has 0 saturated carbocycles. The number of aryl methyl sites for hydroxylation is 1. The number of rotatable bonds is 10. The fourth-order valence-corrected chi connectivity index (χ4v) is 4.66. The summed E-state index contributed by atoms with van der Waals surface area (Å²) in [6.07, 6.45) is 3.01. The van der Waals surface area contributed by atoms with Crippen LogP contribution in [0, 0.1) is 18.3 Å². The minimum atomic E-state index is -3.36. The van der Waals surface area contributed by atoms with Crippen LogP contribution in [-0.4, -0.2) is 50.8 Å². The maximum atomic E-state index is 13.4. The van der Waals surface area contributed by atoms with Crippen molar-refractivity contribution in [3.63, 3.8) is 0 Å². The Kier molecular flexibility index (Phi) is 9.03. The molecule has 8 nitrogen and oxygen atoms in total. The summed E-state index contributed by atoms with van der Waals surface area (Å²) in [6, 6.07) is 15.6. The van der Waals surface area contributed by atoms with Crippen LogP contribution >= 0.6 is 11.6 Å². The minimum Gasteiger partial charge on any atom is -0.491 e. The van der Waals surface area contributed by atoms with Crippen LogP contribution in [0.5, 0.6) is 5.75 Å². The van der Waals surface area contributed by atoms with Gasteiger partial charge in [-0.3, -0.25) is 14.6 Å². The van der Waals surface area contributed by atoms with Gasteiger partial charge in [-0.25, -0.2) is 8.42 Å². The highest BCUT2D eigenvalue weighted by Gasteiger charge is 2.20. The van der Waals surface area contributed by atoms with Crippen LogP contribution in [-0.2, 0) is 14.6 Å². The average molecular weight is 540 g/mol. The van der Waals surface area contributed by atoms with Crippen molar-refractivity contribution in [2.45, 2.75) is 19.8 Å². The first kappa shape index (κ1) is 27.8. The highest BCUT2D eigenvalue weighted by Crippen LogP contribution is 2.33. The maximum Gasteiger partial charge on any atom is 0.258 e. The summed E-state index contributed by atoms with van der Waals surface area (Å²) in [6.45, 7) is 1.96. The van der Waals surface area contributed by atoms with E-state index in [0.29, 0.717) is 50.8 Å². The summed E-state index contributed by atoms with van der Waals surface area (Å²) in [4.78, 5) is 30.9. The quantitative estimate of drug-likeness (QED) is 0.345. The predicted molar refractivity (Wildman–Crippen MR) is 143 cm³/mol. The van der Waals surface area contributed by atoms with E-state index in [2.05, 4.69) is 11.1 Å². The number of para-hydroxylation sites is 2. The first-order valence-electron chi connectivity index (χ1n) is 11.4. The van der Waals surface area contributed by atoms with Crippen LogP contribution in [0.3, 0.4) is 0 Å². The molecule has 3 aromatic rings. The highest BCUT2D eigenvalue weighted by molar-refractivity contribution is 7.91. The lowest BCUT2D eigenvalue weighted by Gasteiger charge is -2.21. The third-order valence-electron chi connectivity index (χ3n) is 5.48. The van der Waals surface area contributed by atoms with E-state index in [9.17, 15) is 23.3 Å². The molecule has 0 fully saturated rings. The third kappa shape index (κ3) is 7.38. The topological polar surface area (TPSA) is 117 Å². The zero-order valence-electron chi connectivity index (χ0n) is 20.7. The van der Waals surface area contributed by atoms with Gasteiger partial charge in [-0.1, -0.05) is 23.7 Å². The second-order valence-corrected chi connectivity index (χ2v) is 11.1. The summed E-state index contributed by atoms with van der Waals surface area (Å²) >= 11 is 6.42. The summed E-state index contributed by atoms with van der Waals surface area (Å²) in [5.41, 5.74) is 3.02. The Balaban J connectivity index is 1.78. The van der Waals surface area contributed by atoms with Crippen molar-refractivity contribution in [1.82, 2.24) is 4.98 Å². The molecule has 1 aromatic heterocycles. The number of pyridine rings is 1. The van der Waals surface area contributed by atoms with Gasteiger partial charge in [0.2, 0.25) is 0 Å². The van der Waals surface area contributed by atoms with Gasteiger partial charge in [0.1, 0.15) is 17.3 Å². The molecule has 0 aliphatic carbocycles. The van der Waals surface area contributed by atoms with E-state index in [1.54, 1.807) is 68.7 Å². The number of nitrogens with zero attached hydrogens (tertiary/aromatic N) is 3. The number of amides is 1. The largest absolute Gasteiger partial charge is 0.491 e. The van der Waals surface area contributed by atoms with Gasteiger partial charge in [0, 0.05) is 53.3 Å². The van der Waals surface area contributed by atoms with Gasteiger partial charge in [-0.2, -0.15) is 5.26 Å². The van der Waals surface area contributed by atoms with Crippen molar-refractivity contribution in [1.29, 1.82) is 5.26 Å². The standard InChI is InChI=1S/C27H26ClN3O5S/c1-18-13-20(15-29)23(16-30-18)22-14-19(10-11-24(22)28)27(33)31(2)25-8-4-5-9-26(25)36-12-6-7-21(32)17-37(3,34)35/h4-5,8-11,13-14,16H,6-7,12,17H2,1-3H3. The van der Waals surface area contributed by atoms with E-state index in [-0.39, 0.29) is 24.7 Å². The molecule has 0 aliphatic heterocycles. The molecule has 0 radical (unpaired) electrons. The Bertz CT molecular complexity index is 1480. The van der Waals surface area contributed by atoms with Crippen molar-refractivity contribution < 1.29 is 22.7 Å². The molecular weight excluding hydrogens is 514 g/mol. The molecule has 1 amide bonds. The lowest BCUT2D eigenvalue weighted by Crippen LogP contribution is -2.26. The fourth-order valence-electron chi connectivity index (χ4n) is 3.71. The summed E-state index contributed by atoms with van der Waals surface area (Å²) < 4.78 is 28.3. The second kappa shape index (κ2) is 12.0. The SMILES string of the molecule is Cc1cc(C#N)c(-c2cc(C(=O)N(C)c3ccccc3OCCCC(=O)CS(C)(=O)=O)ccc2Cl)cn1. The lowest BCUT2D eigenvalue weighted by atomic mass is 9.99. The monoisotopic (exact) mass is 539 g/mol. The highest BCUT2D eigenvalue weighted by atomic mass is 35.5. The molecule has 0 aliphatic rings. The maximum absolute atomic E-state index is 13.4. The van der Waals surface area contributed by atoms with E-state index in [1.807, 2.05) is 0 Å². The molecular formula is C27H26ClN3O5S. The molecule has 0 unspecified atom stereocenters. The molecule has 1 heterocycles. The van der Waals surface area contributed by atoms with Crippen molar-refractivity contribution in [3.8, 4) is 22.9 Å². The second-order valence-electron chi connectivity index (χ2n) is 8.57. The molecule has 0 N–H and O–H groups in total. The zero-order chi connectivity index (χ0) is 27.2. The van der Waals surface area contributed by atoms with Gasteiger partial charge in [0.25, 0.3) is 5.91 Å².